The van der Waals surface area contributed by atoms with E-state index in [1.165, 1.54) is 12.5 Å². The maximum Gasteiger partial charge on any atom is 0.417 e. The Morgan fingerprint density at radius 3 is 2.58 bits per heavy atom. The molecule has 0 aromatic carbocycles. The maximum atomic E-state index is 12.5. The summed E-state index contributed by atoms with van der Waals surface area (Å²) in [6.07, 6.45) is 7.02. The first-order chi connectivity index (χ1) is 11.4. The number of carbonyl (C=O) groups is 1. The number of alkyl halides is 3. The number of pyridine rings is 1. The number of amides is 1. The van der Waals surface area contributed by atoms with Crippen molar-refractivity contribution >= 4 is 17.7 Å². The number of terminal acetylenes is 1. The third kappa shape index (κ3) is 5.17. The third-order valence-corrected chi connectivity index (χ3v) is 4.93. The number of carbonyl (C=O) groups excluding carboxylic acids is 1. The second kappa shape index (κ2) is 8.43. The fourth-order valence-electron chi connectivity index (χ4n) is 2.76. The number of halogens is 3. The van der Waals surface area contributed by atoms with Crippen LogP contribution in [-0.2, 0) is 11.0 Å². The van der Waals surface area contributed by atoms with Gasteiger partial charge < -0.3 is 4.90 Å². The van der Waals surface area contributed by atoms with Crippen LogP contribution in [0.2, 0.25) is 0 Å². The zero-order valence-corrected chi connectivity index (χ0v) is 14.0. The van der Waals surface area contributed by atoms with E-state index in [1.807, 2.05) is 0 Å². The van der Waals surface area contributed by atoms with Crippen molar-refractivity contribution in [2.45, 2.75) is 49.3 Å². The normalized spacial score (nSPS) is 15.8. The third-order valence-electron chi connectivity index (χ3n) is 4.00. The lowest BCUT2D eigenvalue weighted by Crippen LogP contribution is -2.42. The predicted molar refractivity (Wildman–Crippen MR) is 87.4 cm³/mol. The Bertz CT molecular complexity index is 589. The van der Waals surface area contributed by atoms with E-state index < -0.39 is 11.7 Å². The molecule has 24 heavy (non-hydrogen) atoms. The molecule has 0 radical (unpaired) electrons. The Labute approximate surface area is 144 Å². The van der Waals surface area contributed by atoms with Gasteiger partial charge in [0.25, 0.3) is 0 Å². The Hall–Kier alpha value is -1.68. The number of aromatic nitrogens is 1. The van der Waals surface area contributed by atoms with Gasteiger partial charge in [-0.05, 0) is 25.0 Å². The van der Waals surface area contributed by atoms with Crippen LogP contribution in [0, 0.1) is 12.3 Å². The Kier molecular flexibility index (Phi) is 6.55. The van der Waals surface area contributed by atoms with E-state index in [0.717, 1.165) is 49.7 Å². The summed E-state index contributed by atoms with van der Waals surface area (Å²) in [6, 6.07) is 2.43. The van der Waals surface area contributed by atoms with Gasteiger partial charge in [0.2, 0.25) is 5.91 Å². The molecule has 0 atom stereocenters. The molecule has 1 saturated carbocycles. The molecule has 1 heterocycles. The largest absolute Gasteiger partial charge is 0.417 e. The second-order valence-electron chi connectivity index (χ2n) is 5.69. The average Bonchev–Trinajstić information content (AvgIpc) is 2.58. The molecule has 3 nitrogen and oxygen atoms in total. The first-order valence-corrected chi connectivity index (χ1v) is 8.79. The van der Waals surface area contributed by atoms with Crippen molar-refractivity contribution in [2.24, 2.45) is 0 Å². The minimum Gasteiger partial charge on any atom is -0.328 e. The molecule has 0 unspecified atom stereocenters. The number of nitrogens with zero attached hydrogens (tertiary/aromatic N) is 2. The molecular formula is C17H19F3N2OS. The minimum atomic E-state index is -4.41. The van der Waals surface area contributed by atoms with Crippen LogP contribution in [0.4, 0.5) is 13.2 Å². The second-order valence-corrected chi connectivity index (χ2v) is 6.68. The van der Waals surface area contributed by atoms with Gasteiger partial charge in [-0.15, -0.1) is 6.42 Å². The summed E-state index contributed by atoms with van der Waals surface area (Å²) in [5.41, 5.74) is -0.797. The van der Waals surface area contributed by atoms with Gasteiger partial charge in [0.1, 0.15) is 0 Å². The van der Waals surface area contributed by atoms with E-state index in [-0.39, 0.29) is 24.2 Å². The first kappa shape index (κ1) is 18.7. The topological polar surface area (TPSA) is 33.2 Å². The molecule has 0 bridgehead atoms. The molecule has 1 aromatic rings. The van der Waals surface area contributed by atoms with E-state index >= 15 is 0 Å². The van der Waals surface area contributed by atoms with Gasteiger partial charge in [0.15, 0.2) is 0 Å². The SMILES string of the molecule is C#CCN(C(=O)CSc1ccc(C(F)(F)F)cn1)C1CCCCC1. The molecule has 0 saturated heterocycles. The number of thioether (sulfide) groups is 1. The number of hydrogen-bond acceptors (Lipinski definition) is 3. The van der Waals surface area contributed by atoms with Crippen LogP contribution in [0.1, 0.15) is 37.7 Å². The molecule has 1 aromatic heterocycles. The summed E-state index contributed by atoms with van der Waals surface area (Å²) >= 11 is 1.13. The van der Waals surface area contributed by atoms with E-state index in [9.17, 15) is 18.0 Å². The van der Waals surface area contributed by atoms with Gasteiger partial charge in [0, 0.05) is 12.2 Å². The van der Waals surface area contributed by atoms with Crippen molar-refractivity contribution in [1.82, 2.24) is 9.88 Å². The number of hydrogen-bond donors (Lipinski definition) is 0. The molecule has 0 N–H and O–H groups in total. The van der Waals surface area contributed by atoms with Gasteiger partial charge in [0.05, 0.1) is 22.9 Å². The van der Waals surface area contributed by atoms with Crippen LogP contribution in [0.3, 0.4) is 0 Å². The quantitative estimate of drug-likeness (QED) is 0.591. The summed E-state index contributed by atoms with van der Waals surface area (Å²) < 4.78 is 37.5. The van der Waals surface area contributed by atoms with Gasteiger partial charge in [-0.3, -0.25) is 4.79 Å². The predicted octanol–water partition coefficient (Wildman–Crippen LogP) is 3.99. The van der Waals surface area contributed by atoms with Crippen LogP contribution in [0.15, 0.2) is 23.4 Å². The summed E-state index contributed by atoms with van der Waals surface area (Å²) in [7, 11) is 0. The molecule has 1 fully saturated rings. The maximum absolute atomic E-state index is 12.5. The zero-order valence-electron chi connectivity index (χ0n) is 13.2. The highest BCUT2D eigenvalue weighted by molar-refractivity contribution is 7.99. The van der Waals surface area contributed by atoms with E-state index in [2.05, 4.69) is 10.9 Å². The highest BCUT2D eigenvalue weighted by Gasteiger charge is 2.30. The average molecular weight is 356 g/mol. The molecule has 7 heteroatoms. The highest BCUT2D eigenvalue weighted by Crippen LogP contribution is 2.30. The molecule has 0 aliphatic heterocycles. The fourth-order valence-corrected chi connectivity index (χ4v) is 3.49. The van der Waals surface area contributed by atoms with Gasteiger partial charge in [-0.2, -0.15) is 13.2 Å². The first-order valence-electron chi connectivity index (χ1n) is 7.81. The van der Waals surface area contributed by atoms with Crippen molar-refractivity contribution in [2.75, 3.05) is 12.3 Å². The number of rotatable bonds is 5. The van der Waals surface area contributed by atoms with Crippen LogP contribution in [-0.4, -0.2) is 34.1 Å². The molecule has 1 aliphatic carbocycles. The lowest BCUT2D eigenvalue weighted by molar-refractivity contribution is -0.138. The van der Waals surface area contributed by atoms with Gasteiger partial charge in [-0.25, -0.2) is 4.98 Å². The molecule has 0 spiro atoms. The lowest BCUT2D eigenvalue weighted by atomic mass is 9.94. The standard InChI is InChI=1S/C17H19F3N2OS/c1-2-10-22(14-6-4-3-5-7-14)16(23)12-24-15-9-8-13(11-21-15)17(18,19)20/h1,8-9,11,14H,3-7,10,12H2. The Morgan fingerprint density at radius 2 is 2.04 bits per heavy atom. The Balaban J connectivity index is 1.93. The van der Waals surface area contributed by atoms with Crippen molar-refractivity contribution < 1.29 is 18.0 Å². The van der Waals surface area contributed by atoms with Gasteiger partial charge in [-0.1, -0.05) is 36.9 Å². The molecular weight excluding hydrogens is 337 g/mol. The minimum absolute atomic E-state index is 0.0912. The van der Waals surface area contributed by atoms with E-state index in [1.54, 1.807) is 4.90 Å². The van der Waals surface area contributed by atoms with Gasteiger partial charge >= 0.3 is 6.18 Å². The van der Waals surface area contributed by atoms with Crippen molar-refractivity contribution in [1.29, 1.82) is 0 Å². The molecule has 1 aliphatic rings. The summed E-state index contributed by atoms with van der Waals surface area (Å²) in [5, 5.41) is 0.389. The lowest BCUT2D eigenvalue weighted by Gasteiger charge is -2.33. The molecule has 2 rings (SSSR count). The van der Waals surface area contributed by atoms with Crippen molar-refractivity contribution in [3.63, 3.8) is 0 Å². The van der Waals surface area contributed by atoms with Crippen molar-refractivity contribution in [3.8, 4) is 12.3 Å². The summed E-state index contributed by atoms with van der Waals surface area (Å²) in [6.45, 7) is 0.268. The highest BCUT2D eigenvalue weighted by atomic mass is 32.2. The summed E-state index contributed by atoms with van der Waals surface area (Å²) in [4.78, 5) is 17.9. The van der Waals surface area contributed by atoms with Crippen molar-refractivity contribution in [3.05, 3.63) is 23.9 Å². The van der Waals surface area contributed by atoms with Crippen LogP contribution >= 0.6 is 11.8 Å². The fraction of sp³-hybridized carbons (Fsp3) is 0.529. The Morgan fingerprint density at radius 1 is 1.33 bits per heavy atom. The molecule has 130 valence electrons. The molecule has 1 amide bonds. The smallest absolute Gasteiger partial charge is 0.328 e. The zero-order chi connectivity index (χ0) is 17.6. The van der Waals surface area contributed by atoms with E-state index in [0.29, 0.717) is 5.03 Å². The van der Waals surface area contributed by atoms with Crippen LogP contribution in [0.25, 0.3) is 0 Å². The van der Waals surface area contributed by atoms with Crippen LogP contribution in [0.5, 0.6) is 0 Å². The monoisotopic (exact) mass is 356 g/mol. The van der Waals surface area contributed by atoms with Crippen LogP contribution < -0.4 is 0 Å². The summed E-state index contributed by atoms with van der Waals surface area (Å²) in [5.74, 6) is 2.55. The van der Waals surface area contributed by atoms with E-state index in [4.69, 9.17) is 6.42 Å².